The summed E-state index contributed by atoms with van der Waals surface area (Å²) in [5.41, 5.74) is 8.78. The monoisotopic (exact) mass is 422 g/mol. The number of nitrogens with one attached hydrogen (secondary N) is 2. The molecule has 1 aliphatic heterocycles. The maximum Gasteiger partial charge on any atom is 0.251 e. The van der Waals surface area contributed by atoms with Gasteiger partial charge in [-0.15, -0.1) is 0 Å². The summed E-state index contributed by atoms with van der Waals surface area (Å²) in [5.74, 6) is 0.817. The van der Waals surface area contributed by atoms with Crippen molar-refractivity contribution in [3.8, 4) is 22.5 Å². The molecule has 3 aromatic carbocycles. The summed E-state index contributed by atoms with van der Waals surface area (Å²) >= 11 is 0. The van der Waals surface area contributed by atoms with E-state index in [1.165, 1.54) is 35.1 Å². The number of aromatic amines is 1. The van der Waals surface area contributed by atoms with Gasteiger partial charge in [0.2, 0.25) is 0 Å². The van der Waals surface area contributed by atoms with E-state index in [1.54, 1.807) is 0 Å². The second kappa shape index (κ2) is 7.92. The third-order valence-electron chi connectivity index (χ3n) is 6.73. The predicted octanol–water partition coefficient (Wildman–Crippen LogP) is 4.63. The van der Waals surface area contributed by atoms with Gasteiger partial charge in [-0.2, -0.15) is 0 Å². The molecule has 5 nitrogen and oxygen atoms in total. The Kier molecular flexibility index (Phi) is 4.76. The van der Waals surface area contributed by atoms with Crippen LogP contribution in [0.25, 0.3) is 33.5 Å². The van der Waals surface area contributed by atoms with Gasteiger partial charge in [0.25, 0.3) is 5.91 Å². The van der Waals surface area contributed by atoms with Crippen LogP contribution in [-0.4, -0.2) is 47.0 Å². The topological polar surface area (TPSA) is 61.0 Å². The lowest BCUT2D eigenvalue weighted by atomic mass is 9.99. The molecular weight excluding hydrogens is 396 g/mol. The molecule has 0 bridgehead atoms. The maximum absolute atomic E-state index is 12.7. The summed E-state index contributed by atoms with van der Waals surface area (Å²) in [6.07, 6.45) is 3.49. The van der Waals surface area contributed by atoms with Gasteiger partial charge < -0.3 is 15.2 Å². The Morgan fingerprint density at radius 1 is 0.969 bits per heavy atom. The van der Waals surface area contributed by atoms with Crippen LogP contribution >= 0.6 is 0 Å². The standard InChI is InChI=1S/C27H26N4O/c32-27(28-12-15-31-13-3-4-14-31)20-10-11-23-24(17-20)30-26(29-23)22-9-5-7-19-16-18-6-1-2-8-21(18)25(19)22/h1-2,5-11,17H,3-4,12-16H2,(H,28,32)(H,29,30). The van der Waals surface area contributed by atoms with Crippen molar-refractivity contribution < 1.29 is 4.79 Å². The maximum atomic E-state index is 12.7. The summed E-state index contributed by atoms with van der Waals surface area (Å²) in [7, 11) is 0. The molecule has 5 heteroatoms. The van der Waals surface area contributed by atoms with E-state index in [-0.39, 0.29) is 5.91 Å². The van der Waals surface area contributed by atoms with Crippen LogP contribution < -0.4 is 5.32 Å². The first-order valence-corrected chi connectivity index (χ1v) is 11.5. The number of carbonyl (C=O) groups is 1. The highest BCUT2D eigenvalue weighted by Gasteiger charge is 2.23. The number of carbonyl (C=O) groups excluding carboxylic acids is 1. The van der Waals surface area contributed by atoms with Crippen molar-refractivity contribution in [1.29, 1.82) is 0 Å². The van der Waals surface area contributed by atoms with E-state index in [0.717, 1.165) is 48.5 Å². The van der Waals surface area contributed by atoms with E-state index >= 15 is 0 Å². The number of hydrogen-bond acceptors (Lipinski definition) is 3. The highest BCUT2D eigenvalue weighted by Crippen LogP contribution is 2.42. The fourth-order valence-electron chi connectivity index (χ4n) is 5.10. The first-order valence-electron chi connectivity index (χ1n) is 11.5. The molecule has 0 radical (unpaired) electrons. The van der Waals surface area contributed by atoms with Gasteiger partial charge in [0.1, 0.15) is 5.82 Å². The van der Waals surface area contributed by atoms with Gasteiger partial charge in [0.15, 0.2) is 0 Å². The Morgan fingerprint density at radius 3 is 2.69 bits per heavy atom. The summed E-state index contributed by atoms with van der Waals surface area (Å²) in [6, 6.07) is 20.7. The molecule has 32 heavy (non-hydrogen) atoms. The van der Waals surface area contributed by atoms with E-state index in [0.29, 0.717) is 12.1 Å². The fraction of sp³-hybridized carbons (Fsp3) is 0.259. The highest BCUT2D eigenvalue weighted by atomic mass is 16.1. The molecule has 1 amide bonds. The Morgan fingerprint density at radius 2 is 1.78 bits per heavy atom. The molecule has 0 spiro atoms. The minimum absolute atomic E-state index is 0.0308. The van der Waals surface area contributed by atoms with Gasteiger partial charge in [-0.25, -0.2) is 4.98 Å². The van der Waals surface area contributed by atoms with E-state index in [9.17, 15) is 4.79 Å². The third kappa shape index (κ3) is 3.39. The number of hydrogen-bond donors (Lipinski definition) is 2. The molecule has 2 heterocycles. The number of aromatic nitrogens is 2. The fourth-order valence-corrected chi connectivity index (χ4v) is 5.10. The molecule has 1 saturated heterocycles. The van der Waals surface area contributed by atoms with Crippen LogP contribution in [0.15, 0.2) is 60.7 Å². The molecular formula is C27H26N4O. The second-order valence-electron chi connectivity index (χ2n) is 8.80. The number of imidazole rings is 1. The molecule has 1 fully saturated rings. The zero-order chi connectivity index (χ0) is 21.5. The summed E-state index contributed by atoms with van der Waals surface area (Å²) in [5, 5.41) is 3.06. The van der Waals surface area contributed by atoms with Crippen molar-refractivity contribution in [2.45, 2.75) is 19.3 Å². The lowest BCUT2D eigenvalue weighted by Gasteiger charge is -2.14. The Bertz CT molecular complexity index is 1320. The lowest BCUT2D eigenvalue weighted by molar-refractivity contribution is 0.0950. The van der Waals surface area contributed by atoms with Gasteiger partial charge in [-0.3, -0.25) is 4.79 Å². The molecule has 0 unspecified atom stereocenters. The number of nitrogens with zero attached hydrogens (tertiary/aromatic N) is 2. The van der Waals surface area contributed by atoms with Crippen LogP contribution in [0.2, 0.25) is 0 Å². The molecule has 4 aromatic rings. The van der Waals surface area contributed by atoms with E-state index in [2.05, 4.69) is 57.7 Å². The van der Waals surface area contributed by atoms with Crippen LogP contribution in [0.4, 0.5) is 0 Å². The van der Waals surface area contributed by atoms with Crippen molar-refractivity contribution in [3.05, 3.63) is 77.4 Å². The normalized spacial score (nSPS) is 15.1. The van der Waals surface area contributed by atoms with Gasteiger partial charge >= 0.3 is 0 Å². The van der Waals surface area contributed by atoms with Gasteiger partial charge in [0.05, 0.1) is 11.0 Å². The van der Waals surface area contributed by atoms with E-state index in [4.69, 9.17) is 4.98 Å². The number of amides is 1. The average molecular weight is 423 g/mol. The first-order chi connectivity index (χ1) is 15.8. The summed E-state index contributed by atoms with van der Waals surface area (Å²) in [6.45, 7) is 3.89. The zero-order valence-corrected chi connectivity index (χ0v) is 18.0. The molecule has 0 saturated carbocycles. The van der Waals surface area contributed by atoms with Crippen molar-refractivity contribution in [2.24, 2.45) is 0 Å². The van der Waals surface area contributed by atoms with Crippen LogP contribution in [0.1, 0.15) is 34.3 Å². The quantitative estimate of drug-likeness (QED) is 0.434. The van der Waals surface area contributed by atoms with Crippen LogP contribution in [-0.2, 0) is 6.42 Å². The average Bonchev–Trinajstić information content (AvgIpc) is 3.56. The van der Waals surface area contributed by atoms with Crippen molar-refractivity contribution in [2.75, 3.05) is 26.2 Å². The van der Waals surface area contributed by atoms with Crippen LogP contribution in [0, 0.1) is 0 Å². The van der Waals surface area contributed by atoms with Crippen LogP contribution in [0.3, 0.4) is 0 Å². The molecule has 2 N–H and O–H groups in total. The van der Waals surface area contributed by atoms with Gasteiger partial charge in [-0.1, -0.05) is 42.5 Å². The Balaban J connectivity index is 1.27. The van der Waals surface area contributed by atoms with Crippen molar-refractivity contribution in [1.82, 2.24) is 20.2 Å². The second-order valence-corrected chi connectivity index (χ2v) is 8.80. The Hall–Kier alpha value is -3.44. The van der Waals surface area contributed by atoms with Crippen molar-refractivity contribution >= 4 is 16.9 Å². The summed E-state index contributed by atoms with van der Waals surface area (Å²) < 4.78 is 0. The molecule has 1 aromatic heterocycles. The molecule has 160 valence electrons. The first kappa shape index (κ1) is 19.3. The number of fused-ring (bicyclic) bond motifs is 4. The number of rotatable bonds is 5. The predicted molar refractivity (Wildman–Crippen MR) is 128 cm³/mol. The minimum Gasteiger partial charge on any atom is -0.351 e. The number of benzene rings is 3. The molecule has 6 rings (SSSR count). The van der Waals surface area contributed by atoms with Crippen molar-refractivity contribution in [3.63, 3.8) is 0 Å². The lowest BCUT2D eigenvalue weighted by Crippen LogP contribution is -2.33. The highest BCUT2D eigenvalue weighted by molar-refractivity contribution is 5.98. The van der Waals surface area contributed by atoms with Gasteiger partial charge in [0, 0.05) is 24.2 Å². The van der Waals surface area contributed by atoms with E-state index < -0.39 is 0 Å². The molecule has 1 aliphatic carbocycles. The zero-order valence-electron chi connectivity index (χ0n) is 18.0. The third-order valence-corrected chi connectivity index (χ3v) is 6.73. The SMILES string of the molecule is O=C(NCCN1CCCC1)c1ccc2nc(-c3cccc4c3-c3ccccc3C4)[nH]c2c1. The number of likely N-dealkylation sites (tertiary alicyclic amines) is 1. The molecule has 0 atom stereocenters. The van der Waals surface area contributed by atoms with E-state index in [1.807, 2.05) is 18.2 Å². The summed E-state index contributed by atoms with van der Waals surface area (Å²) in [4.78, 5) is 23.4. The number of H-pyrrole nitrogens is 1. The molecule has 2 aliphatic rings. The minimum atomic E-state index is -0.0308. The van der Waals surface area contributed by atoms with Gasteiger partial charge in [-0.05, 0) is 72.8 Å². The largest absolute Gasteiger partial charge is 0.351 e. The smallest absolute Gasteiger partial charge is 0.251 e. The Labute approximate surface area is 187 Å². The van der Waals surface area contributed by atoms with Crippen LogP contribution in [0.5, 0.6) is 0 Å².